The second kappa shape index (κ2) is 7.64. The number of rotatable bonds is 5. The average molecular weight is 378 g/mol. The molecule has 0 bridgehead atoms. The molecule has 0 aliphatic carbocycles. The molecule has 2 amide bonds. The molecule has 0 radical (unpaired) electrons. The zero-order valence-electron chi connectivity index (χ0n) is 15.1. The van der Waals surface area contributed by atoms with Crippen molar-refractivity contribution in [2.24, 2.45) is 5.92 Å². The molecule has 6 nitrogen and oxygen atoms in total. The Morgan fingerprint density at radius 2 is 1.93 bits per heavy atom. The minimum atomic E-state index is -0.326. The number of para-hydroxylation sites is 1. The second-order valence-electron chi connectivity index (χ2n) is 6.79. The summed E-state index contributed by atoms with van der Waals surface area (Å²) >= 11 is 0. The van der Waals surface area contributed by atoms with Gasteiger partial charge in [-0.25, -0.2) is 4.39 Å². The van der Waals surface area contributed by atoms with Gasteiger partial charge in [-0.2, -0.15) is 5.10 Å². The van der Waals surface area contributed by atoms with Gasteiger partial charge in [-0.05, 0) is 42.5 Å². The van der Waals surface area contributed by atoms with Crippen LogP contribution in [0.15, 0.2) is 60.7 Å². The number of carbonyl (C=O) groups excluding carboxylic acids is 2. The number of aromatic nitrogens is 2. The van der Waals surface area contributed by atoms with Crippen molar-refractivity contribution in [2.75, 3.05) is 18.0 Å². The number of nitrogens with one attached hydrogen (secondary N) is 2. The Balaban J connectivity index is 1.35. The third kappa shape index (κ3) is 3.78. The maximum absolute atomic E-state index is 13.0. The molecule has 142 valence electrons. The quantitative estimate of drug-likeness (QED) is 0.716. The van der Waals surface area contributed by atoms with Gasteiger partial charge in [0.2, 0.25) is 5.91 Å². The van der Waals surface area contributed by atoms with Crippen molar-refractivity contribution in [3.63, 3.8) is 0 Å². The zero-order chi connectivity index (χ0) is 19.5. The van der Waals surface area contributed by atoms with Gasteiger partial charge in [-0.1, -0.05) is 18.2 Å². The molecule has 28 heavy (non-hydrogen) atoms. The molecule has 1 unspecified atom stereocenters. The molecule has 2 aromatic carbocycles. The van der Waals surface area contributed by atoms with E-state index in [4.69, 9.17) is 0 Å². The van der Waals surface area contributed by atoms with Crippen molar-refractivity contribution in [2.45, 2.75) is 6.42 Å². The first-order chi connectivity index (χ1) is 13.6. The summed E-state index contributed by atoms with van der Waals surface area (Å²) in [5, 5.41) is 9.67. The van der Waals surface area contributed by atoms with Crippen LogP contribution in [-0.2, 0) is 4.79 Å². The molecule has 1 aliphatic rings. The van der Waals surface area contributed by atoms with E-state index in [0.717, 1.165) is 11.3 Å². The van der Waals surface area contributed by atoms with Gasteiger partial charge in [0, 0.05) is 36.7 Å². The van der Waals surface area contributed by atoms with Gasteiger partial charge in [0.05, 0.1) is 5.69 Å². The molecule has 3 aromatic rings. The van der Waals surface area contributed by atoms with Crippen LogP contribution in [0.25, 0.3) is 11.3 Å². The molecule has 0 spiro atoms. The fourth-order valence-corrected chi connectivity index (χ4v) is 3.31. The summed E-state index contributed by atoms with van der Waals surface area (Å²) in [6.07, 6.45) is 0.402. The van der Waals surface area contributed by atoms with Crippen LogP contribution in [0.3, 0.4) is 0 Å². The molecule has 1 aromatic heterocycles. The van der Waals surface area contributed by atoms with Crippen LogP contribution in [0.1, 0.15) is 16.9 Å². The van der Waals surface area contributed by atoms with E-state index in [0.29, 0.717) is 30.9 Å². The Bertz CT molecular complexity index is 985. The van der Waals surface area contributed by atoms with Gasteiger partial charge in [0.25, 0.3) is 5.91 Å². The fourth-order valence-electron chi connectivity index (χ4n) is 3.31. The average Bonchev–Trinajstić information content (AvgIpc) is 3.34. The number of anilines is 1. The van der Waals surface area contributed by atoms with E-state index in [-0.39, 0.29) is 23.5 Å². The number of benzene rings is 2. The Morgan fingerprint density at radius 3 is 2.68 bits per heavy atom. The van der Waals surface area contributed by atoms with Gasteiger partial charge in [-0.15, -0.1) is 0 Å². The number of aromatic amines is 1. The van der Waals surface area contributed by atoms with Gasteiger partial charge in [-0.3, -0.25) is 14.7 Å². The van der Waals surface area contributed by atoms with Crippen LogP contribution in [0, 0.1) is 11.7 Å². The molecule has 1 fully saturated rings. The Hall–Kier alpha value is -3.48. The largest absolute Gasteiger partial charge is 0.350 e. The molecular formula is C21H19FN4O2. The van der Waals surface area contributed by atoms with Gasteiger partial charge < -0.3 is 10.2 Å². The smallest absolute Gasteiger partial charge is 0.269 e. The van der Waals surface area contributed by atoms with Crippen molar-refractivity contribution in [3.05, 3.63) is 72.2 Å². The van der Waals surface area contributed by atoms with Crippen molar-refractivity contribution in [3.8, 4) is 11.3 Å². The van der Waals surface area contributed by atoms with E-state index in [2.05, 4.69) is 15.5 Å². The van der Waals surface area contributed by atoms with Gasteiger partial charge >= 0.3 is 0 Å². The molecule has 1 atom stereocenters. The Morgan fingerprint density at radius 1 is 1.18 bits per heavy atom. The number of carbonyl (C=O) groups is 2. The van der Waals surface area contributed by atoms with Gasteiger partial charge in [0.1, 0.15) is 11.5 Å². The van der Waals surface area contributed by atoms with E-state index in [1.54, 1.807) is 23.1 Å². The highest BCUT2D eigenvalue weighted by Gasteiger charge is 2.30. The van der Waals surface area contributed by atoms with Crippen LogP contribution >= 0.6 is 0 Å². The minimum absolute atomic E-state index is 0.0520. The van der Waals surface area contributed by atoms with Gasteiger partial charge in [0.15, 0.2) is 0 Å². The van der Waals surface area contributed by atoms with Crippen molar-refractivity contribution in [1.82, 2.24) is 15.5 Å². The number of nitrogens with zero attached hydrogens (tertiary/aromatic N) is 2. The molecule has 2 N–H and O–H groups in total. The molecule has 4 rings (SSSR count). The van der Waals surface area contributed by atoms with E-state index in [9.17, 15) is 14.0 Å². The third-order valence-corrected chi connectivity index (χ3v) is 4.79. The predicted molar refractivity (Wildman–Crippen MR) is 103 cm³/mol. The first-order valence-corrected chi connectivity index (χ1v) is 9.05. The number of hydrogen-bond donors (Lipinski definition) is 2. The topological polar surface area (TPSA) is 78.1 Å². The summed E-state index contributed by atoms with van der Waals surface area (Å²) < 4.78 is 13.0. The van der Waals surface area contributed by atoms with Crippen molar-refractivity contribution < 1.29 is 14.0 Å². The number of H-pyrrole nitrogens is 1. The fraction of sp³-hybridized carbons (Fsp3) is 0.190. The third-order valence-electron chi connectivity index (χ3n) is 4.79. The SMILES string of the molecule is O=C(NCC1CC(=O)N(c2ccccc2)C1)c1cc(-c2ccc(F)cc2)n[nH]1. The van der Waals surface area contributed by atoms with Crippen LogP contribution < -0.4 is 10.2 Å². The first kappa shape index (κ1) is 17.9. The zero-order valence-corrected chi connectivity index (χ0v) is 15.1. The summed E-state index contributed by atoms with van der Waals surface area (Å²) in [6, 6.07) is 17.0. The van der Waals surface area contributed by atoms with Crippen LogP contribution in [0.2, 0.25) is 0 Å². The highest BCUT2D eigenvalue weighted by atomic mass is 19.1. The van der Waals surface area contributed by atoms with E-state index >= 15 is 0 Å². The number of amides is 2. The van der Waals surface area contributed by atoms with E-state index in [1.165, 1.54) is 12.1 Å². The van der Waals surface area contributed by atoms with Crippen molar-refractivity contribution >= 4 is 17.5 Å². The van der Waals surface area contributed by atoms with E-state index < -0.39 is 0 Å². The highest BCUT2D eigenvalue weighted by molar-refractivity contribution is 5.96. The molecular weight excluding hydrogens is 359 g/mol. The molecule has 0 saturated carbocycles. The van der Waals surface area contributed by atoms with Crippen LogP contribution in [0.4, 0.5) is 10.1 Å². The van der Waals surface area contributed by atoms with Crippen LogP contribution in [-0.4, -0.2) is 35.1 Å². The lowest BCUT2D eigenvalue weighted by Gasteiger charge is -2.16. The molecule has 2 heterocycles. The summed E-state index contributed by atoms with van der Waals surface area (Å²) in [5.74, 6) is -0.499. The number of halogens is 1. The molecule has 1 saturated heterocycles. The second-order valence-corrected chi connectivity index (χ2v) is 6.79. The normalized spacial score (nSPS) is 16.4. The lowest BCUT2D eigenvalue weighted by atomic mass is 10.1. The lowest BCUT2D eigenvalue weighted by molar-refractivity contribution is -0.117. The maximum atomic E-state index is 13.0. The summed E-state index contributed by atoms with van der Waals surface area (Å²) in [4.78, 5) is 26.4. The number of hydrogen-bond acceptors (Lipinski definition) is 3. The Labute approximate surface area is 161 Å². The first-order valence-electron chi connectivity index (χ1n) is 9.05. The summed E-state index contributed by atoms with van der Waals surface area (Å²) in [5.41, 5.74) is 2.48. The van der Waals surface area contributed by atoms with Crippen molar-refractivity contribution in [1.29, 1.82) is 0 Å². The summed E-state index contributed by atoms with van der Waals surface area (Å²) in [7, 11) is 0. The standard InChI is InChI=1S/C21H19FN4O2/c22-16-8-6-15(7-9-16)18-11-19(25-24-18)21(28)23-12-14-10-20(27)26(13-14)17-4-2-1-3-5-17/h1-9,11,14H,10,12-13H2,(H,23,28)(H,24,25). The summed E-state index contributed by atoms with van der Waals surface area (Å²) in [6.45, 7) is 0.978. The molecule has 7 heteroatoms. The Kier molecular flexibility index (Phi) is 4.89. The maximum Gasteiger partial charge on any atom is 0.269 e. The minimum Gasteiger partial charge on any atom is -0.350 e. The monoisotopic (exact) mass is 378 g/mol. The predicted octanol–water partition coefficient (Wildman–Crippen LogP) is 3.00. The lowest BCUT2D eigenvalue weighted by Crippen LogP contribution is -2.31. The molecule has 1 aliphatic heterocycles. The van der Waals surface area contributed by atoms with E-state index in [1.807, 2.05) is 30.3 Å². The van der Waals surface area contributed by atoms with Crippen LogP contribution in [0.5, 0.6) is 0 Å². The highest BCUT2D eigenvalue weighted by Crippen LogP contribution is 2.24.